The molecule has 1 rings (SSSR count). The van der Waals surface area contributed by atoms with Crippen LogP contribution in [-0.4, -0.2) is 54.0 Å². The van der Waals surface area contributed by atoms with Gasteiger partial charge in [-0.15, -0.1) is 0 Å². The van der Waals surface area contributed by atoms with Gasteiger partial charge in [0.2, 0.25) is 0 Å². The van der Waals surface area contributed by atoms with E-state index in [0.29, 0.717) is 11.8 Å². The van der Waals surface area contributed by atoms with Gasteiger partial charge in [0, 0.05) is 13.1 Å². The largest absolute Gasteiger partial charge is 0.370 e. The fourth-order valence-corrected chi connectivity index (χ4v) is 3.73. The Labute approximate surface area is 131 Å². The summed E-state index contributed by atoms with van der Waals surface area (Å²) in [5, 5.41) is 0. The molecular formula is C17H36N4. The summed E-state index contributed by atoms with van der Waals surface area (Å²) < 4.78 is 0. The normalized spacial score (nSPS) is 18.1. The number of likely N-dealkylation sites (N-methyl/N-ethyl adjacent to an activating group) is 1. The van der Waals surface area contributed by atoms with Crippen molar-refractivity contribution < 1.29 is 0 Å². The molecule has 0 unspecified atom stereocenters. The first-order valence-electron chi connectivity index (χ1n) is 8.64. The van der Waals surface area contributed by atoms with E-state index in [1.807, 2.05) is 0 Å². The summed E-state index contributed by atoms with van der Waals surface area (Å²) in [6.07, 6.45) is 2.35. The summed E-state index contributed by atoms with van der Waals surface area (Å²) in [6, 6.07) is 0. The van der Waals surface area contributed by atoms with Crippen molar-refractivity contribution in [3.8, 4) is 0 Å². The highest BCUT2D eigenvalue weighted by atomic mass is 15.4. The van der Waals surface area contributed by atoms with Crippen LogP contribution < -0.4 is 5.73 Å². The Bertz CT molecular complexity index is 322. The van der Waals surface area contributed by atoms with E-state index in [4.69, 9.17) is 5.73 Å². The molecule has 0 radical (unpaired) electrons. The number of guanidine groups is 1. The molecule has 124 valence electrons. The van der Waals surface area contributed by atoms with Gasteiger partial charge >= 0.3 is 0 Å². The highest BCUT2D eigenvalue weighted by Gasteiger charge is 2.42. The van der Waals surface area contributed by atoms with Crippen molar-refractivity contribution in [3.05, 3.63) is 0 Å². The molecule has 1 aliphatic heterocycles. The molecule has 0 aliphatic carbocycles. The molecule has 0 aromatic rings. The first-order chi connectivity index (χ1) is 9.84. The van der Waals surface area contributed by atoms with Gasteiger partial charge in [-0.05, 0) is 37.8 Å². The van der Waals surface area contributed by atoms with Crippen LogP contribution in [0.4, 0.5) is 0 Å². The Hall–Kier alpha value is -0.770. The van der Waals surface area contributed by atoms with Crippen LogP contribution in [0.25, 0.3) is 0 Å². The molecule has 4 nitrogen and oxygen atoms in total. The van der Waals surface area contributed by atoms with Crippen LogP contribution in [0.5, 0.6) is 0 Å². The second-order valence-electron chi connectivity index (χ2n) is 7.27. The smallest absolute Gasteiger partial charge is 0.191 e. The maximum Gasteiger partial charge on any atom is 0.191 e. The molecule has 0 saturated carbocycles. The van der Waals surface area contributed by atoms with Gasteiger partial charge in [0.15, 0.2) is 5.96 Å². The number of hydrogen-bond donors (Lipinski definition) is 1. The van der Waals surface area contributed by atoms with E-state index in [-0.39, 0.29) is 5.54 Å². The van der Waals surface area contributed by atoms with Gasteiger partial charge in [-0.1, -0.05) is 41.5 Å². The van der Waals surface area contributed by atoms with Crippen molar-refractivity contribution in [1.82, 2.24) is 9.80 Å². The molecule has 0 spiro atoms. The summed E-state index contributed by atoms with van der Waals surface area (Å²) in [5.74, 6) is 2.09. The lowest BCUT2D eigenvalue weighted by Gasteiger charge is -2.42. The van der Waals surface area contributed by atoms with Gasteiger partial charge in [-0.2, -0.15) is 0 Å². The molecule has 1 aliphatic rings. The molecule has 21 heavy (non-hydrogen) atoms. The summed E-state index contributed by atoms with van der Waals surface area (Å²) in [6.45, 7) is 18.8. The van der Waals surface area contributed by atoms with Crippen LogP contribution in [0, 0.1) is 11.8 Å². The molecule has 2 N–H and O–H groups in total. The second kappa shape index (κ2) is 8.02. The average Bonchev–Trinajstić information content (AvgIpc) is 2.66. The van der Waals surface area contributed by atoms with Crippen molar-refractivity contribution in [3.63, 3.8) is 0 Å². The van der Waals surface area contributed by atoms with E-state index in [1.54, 1.807) is 0 Å². The zero-order valence-corrected chi connectivity index (χ0v) is 15.0. The lowest BCUT2D eigenvalue weighted by Crippen LogP contribution is -2.55. The van der Waals surface area contributed by atoms with E-state index < -0.39 is 0 Å². The fourth-order valence-electron chi connectivity index (χ4n) is 3.73. The predicted octanol–water partition coefficient (Wildman–Crippen LogP) is 2.79. The molecule has 0 atom stereocenters. The maximum absolute atomic E-state index is 6.23. The van der Waals surface area contributed by atoms with Gasteiger partial charge < -0.3 is 15.5 Å². The van der Waals surface area contributed by atoms with Crippen LogP contribution in [0.15, 0.2) is 4.99 Å². The van der Waals surface area contributed by atoms with E-state index in [0.717, 1.165) is 38.7 Å². The number of hydrogen-bond acceptors (Lipinski definition) is 4. The van der Waals surface area contributed by atoms with Crippen molar-refractivity contribution >= 4 is 5.96 Å². The van der Waals surface area contributed by atoms with Crippen LogP contribution in [0.2, 0.25) is 0 Å². The Kier molecular flexibility index (Phi) is 6.98. The number of nitrogens with zero attached hydrogens (tertiary/aromatic N) is 3. The molecule has 0 bridgehead atoms. The summed E-state index contributed by atoms with van der Waals surface area (Å²) in [5.41, 5.74) is 6.37. The molecule has 0 aromatic heterocycles. The fraction of sp³-hybridized carbons (Fsp3) is 0.941. The number of aliphatic imine (C=N–C) groups is 1. The highest BCUT2D eigenvalue weighted by molar-refractivity contribution is 5.81. The summed E-state index contributed by atoms with van der Waals surface area (Å²) >= 11 is 0. The zero-order valence-electron chi connectivity index (χ0n) is 15.0. The lowest BCUT2D eigenvalue weighted by molar-refractivity contribution is 0.122. The zero-order chi connectivity index (χ0) is 16.0. The average molecular weight is 297 g/mol. The van der Waals surface area contributed by atoms with E-state index >= 15 is 0 Å². The first-order valence-corrected chi connectivity index (χ1v) is 8.64. The topological polar surface area (TPSA) is 44.9 Å². The molecule has 1 heterocycles. The lowest BCUT2D eigenvalue weighted by atomic mass is 9.81. The van der Waals surface area contributed by atoms with Crippen LogP contribution in [-0.2, 0) is 0 Å². The minimum Gasteiger partial charge on any atom is -0.370 e. The molecule has 0 saturated heterocycles. The molecular weight excluding hydrogens is 260 g/mol. The van der Waals surface area contributed by atoms with Crippen molar-refractivity contribution in [2.45, 2.75) is 59.9 Å². The van der Waals surface area contributed by atoms with E-state index in [9.17, 15) is 0 Å². The molecule has 0 fully saturated rings. The third-order valence-corrected chi connectivity index (χ3v) is 4.50. The third-order valence-electron chi connectivity index (χ3n) is 4.50. The first kappa shape index (κ1) is 18.3. The van der Waals surface area contributed by atoms with Gasteiger partial charge in [0.05, 0.1) is 12.1 Å². The van der Waals surface area contributed by atoms with Crippen molar-refractivity contribution in [2.24, 2.45) is 22.6 Å². The predicted molar refractivity (Wildman–Crippen MR) is 92.6 cm³/mol. The van der Waals surface area contributed by atoms with Crippen LogP contribution in [0.1, 0.15) is 54.4 Å². The number of nitrogens with two attached hydrogens (primary N) is 1. The highest BCUT2D eigenvalue weighted by Crippen LogP contribution is 2.34. The van der Waals surface area contributed by atoms with Crippen molar-refractivity contribution in [2.75, 3.05) is 32.7 Å². The Morgan fingerprint density at radius 3 is 2.10 bits per heavy atom. The van der Waals surface area contributed by atoms with E-state index in [2.05, 4.69) is 56.3 Å². The summed E-state index contributed by atoms with van der Waals surface area (Å²) in [7, 11) is 0. The minimum absolute atomic E-state index is 0.138. The van der Waals surface area contributed by atoms with Gasteiger partial charge in [-0.25, -0.2) is 0 Å². The summed E-state index contributed by atoms with van der Waals surface area (Å²) in [4.78, 5) is 9.48. The third kappa shape index (κ3) is 4.87. The SMILES string of the molecule is CCN(CC)CCN1C(N)=NCC1(CC(C)C)CC(C)C. The van der Waals surface area contributed by atoms with Crippen molar-refractivity contribution in [1.29, 1.82) is 0 Å². The molecule has 4 heteroatoms. The monoisotopic (exact) mass is 296 g/mol. The Morgan fingerprint density at radius 1 is 1.14 bits per heavy atom. The standard InChI is InChI=1S/C17H36N4/c1-7-20(8-2)9-10-21-16(18)19-13-17(21,11-14(3)4)12-15(5)6/h14-15H,7-13H2,1-6H3,(H2,18,19). The maximum atomic E-state index is 6.23. The Balaban J connectivity index is 2.84. The van der Waals surface area contributed by atoms with Crippen LogP contribution >= 0.6 is 0 Å². The van der Waals surface area contributed by atoms with Crippen LogP contribution in [0.3, 0.4) is 0 Å². The van der Waals surface area contributed by atoms with Gasteiger partial charge in [-0.3, -0.25) is 4.99 Å². The quantitative estimate of drug-likeness (QED) is 0.711. The molecule has 0 aromatic carbocycles. The van der Waals surface area contributed by atoms with Gasteiger partial charge in [0.25, 0.3) is 0 Å². The minimum atomic E-state index is 0.138. The molecule has 0 amide bonds. The number of rotatable bonds is 9. The van der Waals surface area contributed by atoms with E-state index in [1.165, 1.54) is 12.8 Å². The Morgan fingerprint density at radius 2 is 1.67 bits per heavy atom. The second-order valence-corrected chi connectivity index (χ2v) is 7.27. The van der Waals surface area contributed by atoms with Gasteiger partial charge in [0.1, 0.15) is 0 Å².